The molecule has 0 saturated heterocycles. The number of aromatic nitrogens is 2. The molecule has 0 unspecified atom stereocenters. The molecule has 5 nitrogen and oxygen atoms in total. The van der Waals surface area contributed by atoms with Gasteiger partial charge < -0.3 is 11.1 Å². The van der Waals surface area contributed by atoms with Crippen LogP contribution in [-0.2, 0) is 0 Å². The summed E-state index contributed by atoms with van der Waals surface area (Å²) in [7, 11) is 0. The standard InChI is InChI=1S/C13H19N5/c1-10-7-11(8-14)18-12(17-10)16-9-13(15)5-3-2-4-6-13/h7H,2-6,9,15H2,1H3,(H,16,17,18). The number of aryl methyl sites for hydroxylation is 1. The van der Waals surface area contributed by atoms with Crippen LogP contribution in [0.15, 0.2) is 6.07 Å². The molecule has 3 N–H and O–H groups in total. The Labute approximate surface area is 107 Å². The number of nitrogens with zero attached hydrogens (tertiary/aromatic N) is 3. The lowest BCUT2D eigenvalue weighted by molar-refractivity contribution is 0.310. The van der Waals surface area contributed by atoms with Crippen LogP contribution in [0.25, 0.3) is 0 Å². The highest BCUT2D eigenvalue weighted by Gasteiger charge is 2.27. The van der Waals surface area contributed by atoms with Crippen molar-refractivity contribution in [3.8, 4) is 6.07 Å². The van der Waals surface area contributed by atoms with Crippen LogP contribution in [0.1, 0.15) is 43.5 Å². The van der Waals surface area contributed by atoms with E-state index in [0.29, 0.717) is 18.2 Å². The molecule has 2 rings (SSSR count). The third kappa shape index (κ3) is 3.17. The monoisotopic (exact) mass is 245 g/mol. The van der Waals surface area contributed by atoms with Gasteiger partial charge in [-0.2, -0.15) is 5.26 Å². The molecule has 18 heavy (non-hydrogen) atoms. The lowest BCUT2D eigenvalue weighted by Gasteiger charge is -2.33. The first-order chi connectivity index (χ1) is 8.61. The lowest BCUT2D eigenvalue weighted by atomic mass is 9.82. The molecule has 0 aliphatic heterocycles. The Balaban J connectivity index is 2.01. The zero-order valence-corrected chi connectivity index (χ0v) is 10.7. The summed E-state index contributed by atoms with van der Waals surface area (Å²) in [6.45, 7) is 2.52. The van der Waals surface area contributed by atoms with Crippen LogP contribution in [0.5, 0.6) is 0 Å². The van der Waals surface area contributed by atoms with Gasteiger partial charge in [-0.15, -0.1) is 0 Å². The number of hydrogen-bond donors (Lipinski definition) is 2. The van der Waals surface area contributed by atoms with E-state index in [2.05, 4.69) is 15.3 Å². The first-order valence-corrected chi connectivity index (χ1v) is 6.40. The van der Waals surface area contributed by atoms with Gasteiger partial charge in [0.05, 0.1) is 0 Å². The number of hydrogen-bond acceptors (Lipinski definition) is 5. The van der Waals surface area contributed by atoms with Gasteiger partial charge in [-0.25, -0.2) is 9.97 Å². The van der Waals surface area contributed by atoms with E-state index in [1.165, 1.54) is 19.3 Å². The summed E-state index contributed by atoms with van der Waals surface area (Å²) < 4.78 is 0. The second-order valence-corrected chi connectivity index (χ2v) is 5.11. The molecule has 1 saturated carbocycles. The summed E-state index contributed by atoms with van der Waals surface area (Å²) in [5, 5.41) is 12.0. The highest BCUT2D eigenvalue weighted by molar-refractivity contribution is 5.33. The Morgan fingerprint density at radius 1 is 1.39 bits per heavy atom. The fraction of sp³-hybridized carbons (Fsp3) is 0.615. The molecule has 1 aromatic rings. The number of anilines is 1. The van der Waals surface area contributed by atoms with Crippen molar-refractivity contribution < 1.29 is 0 Å². The highest BCUT2D eigenvalue weighted by Crippen LogP contribution is 2.25. The highest BCUT2D eigenvalue weighted by atomic mass is 15.1. The molecular formula is C13H19N5. The summed E-state index contributed by atoms with van der Waals surface area (Å²) in [6, 6.07) is 3.70. The summed E-state index contributed by atoms with van der Waals surface area (Å²) in [5.74, 6) is 0.502. The van der Waals surface area contributed by atoms with E-state index in [0.717, 1.165) is 18.5 Å². The average Bonchev–Trinajstić information content (AvgIpc) is 2.37. The molecule has 0 spiro atoms. The molecule has 0 atom stereocenters. The van der Waals surface area contributed by atoms with Crippen LogP contribution in [0.2, 0.25) is 0 Å². The van der Waals surface area contributed by atoms with E-state index >= 15 is 0 Å². The minimum atomic E-state index is -0.155. The second kappa shape index (κ2) is 5.32. The van der Waals surface area contributed by atoms with E-state index in [1.54, 1.807) is 6.07 Å². The van der Waals surface area contributed by atoms with Gasteiger partial charge in [0.1, 0.15) is 11.8 Å². The summed E-state index contributed by atoms with van der Waals surface area (Å²) in [5.41, 5.74) is 7.36. The maximum absolute atomic E-state index is 8.86. The molecule has 1 fully saturated rings. The van der Waals surface area contributed by atoms with Crippen molar-refractivity contribution in [2.24, 2.45) is 5.73 Å². The van der Waals surface area contributed by atoms with E-state index in [4.69, 9.17) is 11.0 Å². The van der Waals surface area contributed by atoms with Gasteiger partial charge in [0, 0.05) is 17.8 Å². The topological polar surface area (TPSA) is 87.6 Å². The molecule has 0 amide bonds. The van der Waals surface area contributed by atoms with Gasteiger partial charge in [-0.05, 0) is 25.8 Å². The zero-order chi connectivity index (χ0) is 13.0. The largest absolute Gasteiger partial charge is 0.352 e. The van der Waals surface area contributed by atoms with E-state index in [9.17, 15) is 0 Å². The predicted octanol–water partition coefficient (Wildman–Crippen LogP) is 1.73. The van der Waals surface area contributed by atoms with Crippen LogP contribution in [-0.4, -0.2) is 22.1 Å². The minimum absolute atomic E-state index is 0.155. The van der Waals surface area contributed by atoms with Crippen molar-refractivity contribution in [3.63, 3.8) is 0 Å². The fourth-order valence-electron chi connectivity index (χ4n) is 2.39. The van der Waals surface area contributed by atoms with E-state index in [1.807, 2.05) is 13.0 Å². The Morgan fingerprint density at radius 2 is 2.11 bits per heavy atom. The second-order valence-electron chi connectivity index (χ2n) is 5.11. The van der Waals surface area contributed by atoms with Gasteiger partial charge in [-0.3, -0.25) is 0 Å². The van der Waals surface area contributed by atoms with Crippen LogP contribution in [0.4, 0.5) is 5.95 Å². The van der Waals surface area contributed by atoms with Gasteiger partial charge in [0.15, 0.2) is 0 Å². The molecule has 1 aliphatic rings. The molecular weight excluding hydrogens is 226 g/mol. The fourth-order valence-corrected chi connectivity index (χ4v) is 2.39. The quantitative estimate of drug-likeness (QED) is 0.846. The molecule has 1 heterocycles. The molecule has 5 heteroatoms. The number of nitrogens with two attached hydrogens (primary N) is 1. The van der Waals surface area contributed by atoms with Crippen LogP contribution >= 0.6 is 0 Å². The summed E-state index contributed by atoms with van der Waals surface area (Å²) in [4.78, 5) is 8.40. The SMILES string of the molecule is Cc1cc(C#N)nc(NCC2(N)CCCCC2)n1. The van der Waals surface area contributed by atoms with Crippen molar-refractivity contribution in [1.29, 1.82) is 5.26 Å². The van der Waals surface area contributed by atoms with E-state index < -0.39 is 0 Å². The third-order valence-electron chi connectivity index (χ3n) is 3.42. The minimum Gasteiger partial charge on any atom is -0.352 e. The smallest absolute Gasteiger partial charge is 0.224 e. The van der Waals surface area contributed by atoms with Crippen molar-refractivity contribution in [1.82, 2.24) is 9.97 Å². The van der Waals surface area contributed by atoms with Crippen molar-refractivity contribution in [2.75, 3.05) is 11.9 Å². The van der Waals surface area contributed by atoms with Crippen LogP contribution < -0.4 is 11.1 Å². The molecule has 1 aliphatic carbocycles. The van der Waals surface area contributed by atoms with Gasteiger partial charge in [-0.1, -0.05) is 19.3 Å². The van der Waals surface area contributed by atoms with Crippen LogP contribution in [0.3, 0.4) is 0 Å². The molecule has 1 aromatic heterocycles. The third-order valence-corrected chi connectivity index (χ3v) is 3.42. The molecule has 0 bridgehead atoms. The summed E-state index contributed by atoms with van der Waals surface area (Å²) >= 11 is 0. The molecule has 0 aromatic carbocycles. The molecule has 96 valence electrons. The first kappa shape index (κ1) is 12.8. The van der Waals surface area contributed by atoms with Crippen molar-refractivity contribution in [3.05, 3.63) is 17.5 Å². The van der Waals surface area contributed by atoms with Gasteiger partial charge in [0.25, 0.3) is 0 Å². The average molecular weight is 245 g/mol. The predicted molar refractivity (Wildman–Crippen MR) is 70.0 cm³/mol. The maximum Gasteiger partial charge on any atom is 0.224 e. The Kier molecular flexibility index (Phi) is 3.78. The Hall–Kier alpha value is -1.67. The first-order valence-electron chi connectivity index (χ1n) is 6.40. The van der Waals surface area contributed by atoms with Crippen molar-refractivity contribution in [2.45, 2.75) is 44.6 Å². The number of nitrogens with one attached hydrogen (secondary N) is 1. The maximum atomic E-state index is 8.86. The summed E-state index contributed by atoms with van der Waals surface area (Å²) in [6.07, 6.45) is 5.74. The Bertz CT molecular complexity index is 457. The number of nitriles is 1. The van der Waals surface area contributed by atoms with Gasteiger partial charge in [0.2, 0.25) is 5.95 Å². The number of rotatable bonds is 3. The lowest BCUT2D eigenvalue weighted by Crippen LogP contribution is -2.47. The van der Waals surface area contributed by atoms with Crippen molar-refractivity contribution >= 4 is 5.95 Å². The normalized spacial score (nSPS) is 18.1. The van der Waals surface area contributed by atoms with Gasteiger partial charge >= 0.3 is 0 Å². The van der Waals surface area contributed by atoms with Crippen LogP contribution in [0, 0.1) is 18.3 Å². The van der Waals surface area contributed by atoms with E-state index in [-0.39, 0.29) is 5.54 Å². The molecule has 0 radical (unpaired) electrons. The zero-order valence-electron chi connectivity index (χ0n) is 10.7. The Morgan fingerprint density at radius 3 is 2.78 bits per heavy atom.